The highest BCUT2D eigenvalue weighted by Crippen LogP contribution is 2.22. The first-order valence-corrected chi connectivity index (χ1v) is 6.30. The number of aromatic amines is 1. The van der Waals surface area contributed by atoms with Crippen molar-refractivity contribution in [2.45, 2.75) is 0 Å². The van der Waals surface area contributed by atoms with Crippen LogP contribution < -0.4 is 5.73 Å². The second-order valence-corrected chi connectivity index (χ2v) is 4.70. The summed E-state index contributed by atoms with van der Waals surface area (Å²) in [5, 5.41) is 16.2. The van der Waals surface area contributed by atoms with Crippen LogP contribution in [0.3, 0.4) is 0 Å². The molecule has 0 atom stereocenters. The molecule has 3 aromatic heterocycles. The summed E-state index contributed by atoms with van der Waals surface area (Å²) in [6, 6.07) is 9.14. The van der Waals surface area contributed by atoms with Crippen LogP contribution >= 0.6 is 0 Å². The molecule has 1 amide bonds. The van der Waals surface area contributed by atoms with Gasteiger partial charge in [-0.2, -0.15) is 5.10 Å². The van der Waals surface area contributed by atoms with Gasteiger partial charge in [-0.25, -0.2) is 0 Å². The number of aromatic nitrogens is 5. The van der Waals surface area contributed by atoms with E-state index in [4.69, 9.17) is 5.73 Å². The number of primary amides is 1. The molecule has 7 heteroatoms. The third-order valence-electron chi connectivity index (χ3n) is 3.39. The van der Waals surface area contributed by atoms with Crippen molar-refractivity contribution >= 4 is 22.5 Å². The van der Waals surface area contributed by atoms with Gasteiger partial charge in [0, 0.05) is 22.7 Å². The summed E-state index contributed by atoms with van der Waals surface area (Å²) in [5.41, 5.74) is 8.13. The Morgan fingerprint density at radius 3 is 2.95 bits per heavy atom. The first kappa shape index (κ1) is 11.6. The maximum absolute atomic E-state index is 11.2. The maximum Gasteiger partial charge on any atom is 0.248 e. The average molecular weight is 278 g/mol. The van der Waals surface area contributed by atoms with E-state index in [9.17, 15) is 4.79 Å². The predicted octanol–water partition coefficient (Wildman–Crippen LogP) is 1.37. The number of hydrogen-bond donors (Lipinski definition) is 2. The van der Waals surface area contributed by atoms with Crippen LogP contribution in [-0.4, -0.2) is 30.7 Å². The van der Waals surface area contributed by atoms with Crippen LogP contribution in [0.1, 0.15) is 10.4 Å². The van der Waals surface area contributed by atoms with Crippen LogP contribution in [0.2, 0.25) is 0 Å². The van der Waals surface area contributed by atoms with Gasteiger partial charge in [0.05, 0.1) is 11.7 Å². The number of nitrogens with two attached hydrogens (primary N) is 1. The molecule has 4 aromatic rings. The lowest BCUT2D eigenvalue weighted by atomic mass is 10.1. The molecule has 0 bridgehead atoms. The molecular formula is C14H10N6O. The van der Waals surface area contributed by atoms with Crippen molar-refractivity contribution in [3.8, 4) is 11.4 Å². The van der Waals surface area contributed by atoms with Crippen LogP contribution in [0.25, 0.3) is 27.9 Å². The zero-order chi connectivity index (χ0) is 14.4. The molecule has 0 radical (unpaired) electrons. The van der Waals surface area contributed by atoms with E-state index in [-0.39, 0.29) is 0 Å². The van der Waals surface area contributed by atoms with Gasteiger partial charge in [0.1, 0.15) is 0 Å². The van der Waals surface area contributed by atoms with E-state index in [1.807, 2.05) is 22.6 Å². The van der Waals surface area contributed by atoms with E-state index in [2.05, 4.69) is 20.4 Å². The maximum atomic E-state index is 11.2. The molecule has 0 fully saturated rings. The molecular weight excluding hydrogens is 268 g/mol. The summed E-state index contributed by atoms with van der Waals surface area (Å²) in [7, 11) is 0. The van der Waals surface area contributed by atoms with Gasteiger partial charge in [-0.05, 0) is 30.3 Å². The Kier molecular flexibility index (Phi) is 2.28. The molecule has 0 aliphatic heterocycles. The largest absolute Gasteiger partial charge is 0.366 e. The summed E-state index contributed by atoms with van der Waals surface area (Å²) in [6.07, 6.45) is 3.50. The molecule has 7 nitrogen and oxygen atoms in total. The summed E-state index contributed by atoms with van der Waals surface area (Å²) >= 11 is 0. The van der Waals surface area contributed by atoms with Gasteiger partial charge in [-0.1, -0.05) is 0 Å². The van der Waals surface area contributed by atoms with Crippen molar-refractivity contribution in [3.63, 3.8) is 0 Å². The van der Waals surface area contributed by atoms with Crippen LogP contribution in [0, 0.1) is 0 Å². The van der Waals surface area contributed by atoms with Crippen LogP contribution in [0.15, 0.2) is 42.7 Å². The molecule has 4 rings (SSSR count). The van der Waals surface area contributed by atoms with Gasteiger partial charge in [-0.3, -0.25) is 14.3 Å². The Balaban J connectivity index is 1.91. The topological polar surface area (TPSA) is 102 Å². The first-order valence-electron chi connectivity index (χ1n) is 6.30. The number of H-pyrrole nitrogens is 1. The zero-order valence-electron chi connectivity index (χ0n) is 10.8. The molecule has 102 valence electrons. The lowest BCUT2D eigenvalue weighted by Crippen LogP contribution is -2.11. The van der Waals surface area contributed by atoms with Crippen LogP contribution in [0.5, 0.6) is 0 Å². The molecule has 21 heavy (non-hydrogen) atoms. The van der Waals surface area contributed by atoms with E-state index < -0.39 is 5.91 Å². The minimum Gasteiger partial charge on any atom is -0.366 e. The lowest BCUT2D eigenvalue weighted by molar-refractivity contribution is 0.100. The minimum absolute atomic E-state index is 0.409. The zero-order valence-corrected chi connectivity index (χ0v) is 10.8. The molecule has 0 saturated heterocycles. The summed E-state index contributed by atoms with van der Waals surface area (Å²) in [6.45, 7) is 0. The number of pyridine rings is 1. The van der Waals surface area contributed by atoms with Crippen molar-refractivity contribution in [2.24, 2.45) is 5.73 Å². The smallest absolute Gasteiger partial charge is 0.248 e. The van der Waals surface area contributed by atoms with Crippen LogP contribution in [-0.2, 0) is 0 Å². The average Bonchev–Trinajstić information content (AvgIpc) is 3.12. The molecule has 0 aliphatic carbocycles. The van der Waals surface area contributed by atoms with Crippen molar-refractivity contribution in [3.05, 3.63) is 48.3 Å². The van der Waals surface area contributed by atoms with Crippen molar-refractivity contribution in [1.82, 2.24) is 24.8 Å². The number of carbonyl (C=O) groups excluding carboxylic acids is 1. The fourth-order valence-electron chi connectivity index (χ4n) is 2.32. The number of fused-ring (bicyclic) bond motifs is 2. The highest BCUT2D eigenvalue weighted by atomic mass is 16.1. The number of carbonyl (C=O) groups is 1. The Morgan fingerprint density at radius 2 is 2.10 bits per heavy atom. The number of hydrogen-bond acceptors (Lipinski definition) is 4. The van der Waals surface area contributed by atoms with Gasteiger partial charge in [0.15, 0.2) is 11.5 Å². The Hall–Kier alpha value is -3.22. The summed E-state index contributed by atoms with van der Waals surface area (Å²) in [5.74, 6) is 0.214. The molecule has 3 heterocycles. The van der Waals surface area contributed by atoms with Gasteiger partial charge < -0.3 is 5.73 Å². The molecule has 0 spiro atoms. The predicted molar refractivity (Wildman–Crippen MR) is 76.6 cm³/mol. The third-order valence-corrected chi connectivity index (χ3v) is 3.39. The van der Waals surface area contributed by atoms with Gasteiger partial charge in [0.2, 0.25) is 5.91 Å². The van der Waals surface area contributed by atoms with Gasteiger partial charge in [-0.15, -0.1) is 10.2 Å². The Bertz CT molecular complexity index is 983. The molecule has 0 saturated carbocycles. The van der Waals surface area contributed by atoms with E-state index in [1.165, 1.54) is 0 Å². The molecule has 1 aromatic carbocycles. The van der Waals surface area contributed by atoms with Crippen LogP contribution in [0.4, 0.5) is 0 Å². The second-order valence-electron chi connectivity index (χ2n) is 4.70. The fraction of sp³-hybridized carbons (Fsp3) is 0. The first-order chi connectivity index (χ1) is 10.2. The van der Waals surface area contributed by atoms with Crippen molar-refractivity contribution < 1.29 is 4.79 Å². The van der Waals surface area contributed by atoms with E-state index >= 15 is 0 Å². The molecule has 0 unspecified atom stereocenters. The van der Waals surface area contributed by atoms with E-state index in [1.54, 1.807) is 24.5 Å². The number of rotatable bonds is 2. The Labute approximate surface area is 118 Å². The van der Waals surface area contributed by atoms with Gasteiger partial charge in [0.25, 0.3) is 0 Å². The van der Waals surface area contributed by atoms with Gasteiger partial charge >= 0.3 is 0 Å². The number of benzene rings is 1. The lowest BCUT2D eigenvalue weighted by Gasteiger charge is -2.01. The van der Waals surface area contributed by atoms with E-state index in [0.717, 1.165) is 16.5 Å². The summed E-state index contributed by atoms with van der Waals surface area (Å²) in [4.78, 5) is 11.2. The molecule has 0 aliphatic rings. The number of nitrogens with zero attached hydrogens (tertiary/aromatic N) is 4. The minimum atomic E-state index is -0.484. The summed E-state index contributed by atoms with van der Waals surface area (Å²) < 4.78 is 1.81. The fourth-order valence-corrected chi connectivity index (χ4v) is 2.32. The second kappa shape index (κ2) is 4.14. The van der Waals surface area contributed by atoms with Crippen molar-refractivity contribution in [1.29, 1.82) is 0 Å². The standard InChI is InChI=1S/C14H10N6O/c15-13(21)8-3-4-20-12(6-8)18-19-14(20)9-1-2-11-10(5-9)7-16-17-11/h1-7H,(H2,15,21)(H,16,17). The SMILES string of the molecule is NC(=O)c1ccn2c(-c3ccc4[nH]ncc4c3)nnc2c1. The quantitative estimate of drug-likeness (QED) is 0.578. The number of nitrogens with one attached hydrogen (secondary N) is 1. The Morgan fingerprint density at radius 1 is 1.19 bits per heavy atom. The molecule has 3 N–H and O–H groups in total. The number of amides is 1. The normalized spacial score (nSPS) is 11.2. The monoisotopic (exact) mass is 278 g/mol. The van der Waals surface area contributed by atoms with E-state index in [0.29, 0.717) is 17.0 Å². The third kappa shape index (κ3) is 1.75. The van der Waals surface area contributed by atoms with Crippen molar-refractivity contribution in [2.75, 3.05) is 0 Å². The highest BCUT2D eigenvalue weighted by molar-refractivity contribution is 5.93. The highest BCUT2D eigenvalue weighted by Gasteiger charge is 2.11.